The van der Waals surface area contributed by atoms with Gasteiger partial charge in [0.05, 0.1) is 5.41 Å². The molecule has 0 N–H and O–H groups in total. The van der Waals surface area contributed by atoms with Crippen molar-refractivity contribution in [3.05, 3.63) is 114 Å². The third-order valence-corrected chi connectivity index (χ3v) is 20.8. The Hall–Kier alpha value is -2.13. The Morgan fingerprint density at radius 3 is 1.09 bits per heavy atom. The molecular weight excluding hydrogens is 740 g/mol. The van der Waals surface area contributed by atoms with Crippen molar-refractivity contribution in [1.82, 2.24) is 0 Å². The van der Waals surface area contributed by atoms with Crippen molar-refractivity contribution in [3.8, 4) is 22.6 Å². The van der Waals surface area contributed by atoms with Crippen LogP contribution in [-0.2, 0) is 5.41 Å². The molecule has 0 aromatic heterocycles. The van der Waals surface area contributed by atoms with Crippen LogP contribution in [-0.4, -0.2) is 16.6 Å². The minimum Gasteiger partial charge on any atom is -0.543 e. The van der Waals surface area contributed by atoms with E-state index in [9.17, 15) is 0 Å². The quantitative estimate of drug-likeness (QED) is 0.159. The average Bonchev–Trinajstić information content (AvgIpc) is 3.20. The normalized spacial score (nSPS) is 14.6. The Morgan fingerprint density at radius 2 is 0.809 bits per heavy atom. The van der Waals surface area contributed by atoms with Gasteiger partial charge in [-0.25, -0.2) is 0 Å². The van der Waals surface area contributed by atoms with Crippen LogP contribution in [0.3, 0.4) is 0 Å². The molecule has 47 heavy (non-hydrogen) atoms. The molecule has 0 atom stereocenters. The van der Waals surface area contributed by atoms with E-state index in [4.69, 9.17) is 8.85 Å². The number of hydrogen-bond acceptors (Lipinski definition) is 2. The maximum absolute atomic E-state index is 7.00. The first kappa shape index (κ1) is 36.2. The standard InChI is InChI=1S/C41H52Br2O2Si2/c1-25-19-29(20-26(2)37(25)44-46(11,12)39(5,6)7)41(30-21-27(3)38(28(4)22-30)45-47(13,14)40(8,9)10)35-23-31(42)15-17-33(35)34-18-16-32(43)24-36(34)41/h15-24H,1-14H3. The predicted molar refractivity (Wildman–Crippen MR) is 214 cm³/mol. The van der Waals surface area contributed by atoms with Crippen LogP contribution < -0.4 is 8.85 Å². The molecule has 0 aliphatic heterocycles. The highest BCUT2D eigenvalue weighted by molar-refractivity contribution is 9.10. The molecule has 0 radical (unpaired) electrons. The van der Waals surface area contributed by atoms with E-state index < -0.39 is 22.0 Å². The minimum atomic E-state index is -2.05. The Labute approximate surface area is 303 Å². The number of benzene rings is 4. The van der Waals surface area contributed by atoms with Crippen molar-refractivity contribution in [2.24, 2.45) is 0 Å². The van der Waals surface area contributed by atoms with Gasteiger partial charge in [0.15, 0.2) is 0 Å². The van der Waals surface area contributed by atoms with Crippen molar-refractivity contribution in [2.45, 2.75) is 111 Å². The number of hydrogen-bond donors (Lipinski definition) is 0. The summed E-state index contributed by atoms with van der Waals surface area (Å²) in [6.45, 7) is 32.0. The van der Waals surface area contributed by atoms with Crippen LogP contribution >= 0.6 is 31.9 Å². The Bertz CT molecular complexity index is 1690. The van der Waals surface area contributed by atoms with Crippen molar-refractivity contribution in [1.29, 1.82) is 0 Å². The smallest absolute Gasteiger partial charge is 0.250 e. The highest BCUT2D eigenvalue weighted by Crippen LogP contribution is 2.58. The van der Waals surface area contributed by atoms with Gasteiger partial charge < -0.3 is 8.85 Å². The van der Waals surface area contributed by atoms with E-state index in [1.807, 2.05) is 0 Å². The van der Waals surface area contributed by atoms with Crippen molar-refractivity contribution < 1.29 is 8.85 Å². The molecule has 5 rings (SSSR count). The highest BCUT2D eigenvalue weighted by atomic mass is 79.9. The lowest BCUT2D eigenvalue weighted by molar-refractivity contribution is 0.485. The fourth-order valence-electron chi connectivity index (χ4n) is 6.53. The summed E-state index contributed by atoms with van der Waals surface area (Å²) in [6, 6.07) is 23.1. The molecule has 0 fully saturated rings. The summed E-state index contributed by atoms with van der Waals surface area (Å²) in [7, 11) is -4.10. The summed E-state index contributed by atoms with van der Waals surface area (Å²) in [5, 5.41) is 0.216. The number of halogens is 2. The Morgan fingerprint density at radius 1 is 0.511 bits per heavy atom. The van der Waals surface area contributed by atoms with Gasteiger partial charge in [0.2, 0.25) is 0 Å². The van der Waals surface area contributed by atoms with Crippen LogP contribution in [0.2, 0.25) is 36.3 Å². The summed E-state index contributed by atoms with van der Waals surface area (Å²) >= 11 is 7.73. The first-order chi connectivity index (χ1) is 21.5. The maximum atomic E-state index is 7.00. The summed E-state index contributed by atoms with van der Waals surface area (Å²) in [4.78, 5) is 0. The molecule has 0 heterocycles. The van der Waals surface area contributed by atoms with Crippen LogP contribution in [0.5, 0.6) is 11.5 Å². The molecule has 4 aromatic carbocycles. The zero-order valence-corrected chi connectivity index (χ0v) is 36.0. The molecule has 250 valence electrons. The molecule has 6 heteroatoms. The van der Waals surface area contributed by atoms with Gasteiger partial charge in [0.1, 0.15) is 11.5 Å². The van der Waals surface area contributed by atoms with E-state index in [2.05, 4.69) is 188 Å². The van der Waals surface area contributed by atoms with Gasteiger partial charge >= 0.3 is 0 Å². The zero-order chi connectivity index (χ0) is 35.1. The lowest BCUT2D eigenvalue weighted by Crippen LogP contribution is -2.44. The van der Waals surface area contributed by atoms with Gasteiger partial charge in [-0.05, 0) is 144 Å². The molecule has 0 unspecified atom stereocenters. The zero-order valence-electron chi connectivity index (χ0n) is 30.8. The highest BCUT2D eigenvalue weighted by Gasteiger charge is 2.48. The fourth-order valence-corrected chi connectivity index (χ4v) is 9.53. The van der Waals surface area contributed by atoms with Crippen molar-refractivity contribution in [2.75, 3.05) is 0 Å². The molecule has 0 spiro atoms. The molecule has 0 bridgehead atoms. The average molecular weight is 793 g/mol. The predicted octanol–water partition coefficient (Wildman–Crippen LogP) is 13.6. The van der Waals surface area contributed by atoms with Crippen LogP contribution in [0.25, 0.3) is 11.1 Å². The van der Waals surface area contributed by atoms with Crippen LogP contribution in [0.1, 0.15) is 86.1 Å². The molecule has 4 aromatic rings. The molecule has 0 amide bonds. The van der Waals surface area contributed by atoms with E-state index in [1.54, 1.807) is 0 Å². The lowest BCUT2D eigenvalue weighted by Gasteiger charge is -2.39. The van der Waals surface area contributed by atoms with Crippen molar-refractivity contribution >= 4 is 48.5 Å². The second-order valence-electron chi connectivity index (χ2n) is 16.7. The Balaban J connectivity index is 1.85. The third kappa shape index (κ3) is 6.15. The van der Waals surface area contributed by atoms with Gasteiger partial charge in [-0.15, -0.1) is 0 Å². The molecule has 0 saturated carbocycles. The Kier molecular flexibility index (Phi) is 9.26. The summed E-state index contributed by atoms with van der Waals surface area (Å²) in [5.41, 5.74) is 11.8. The number of aryl methyl sites for hydroxylation is 4. The van der Waals surface area contributed by atoms with E-state index >= 15 is 0 Å². The van der Waals surface area contributed by atoms with Gasteiger partial charge in [-0.2, -0.15) is 0 Å². The van der Waals surface area contributed by atoms with E-state index in [0.29, 0.717) is 0 Å². The van der Waals surface area contributed by atoms with Gasteiger partial charge in [-0.1, -0.05) is 110 Å². The number of rotatable bonds is 6. The summed E-state index contributed by atoms with van der Waals surface area (Å²) < 4.78 is 16.1. The van der Waals surface area contributed by atoms with E-state index in [0.717, 1.165) is 20.4 Å². The van der Waals surface area contributed by atoms with Crippen molar-refractivity contribution in [3.63, 3.8) is 0 Å². The van der Waals surface area contributed by atoms with E-state index in [-0.39, 0.29) is 10.1 Å². The van der Waals surface area contributed by atoms with Crippen LogP contribution in [0.15, 0.2) is 69.6 Å². The molecule has 1 aliphatic rings. The first-order valence-corrected chi connectivity index (χ1v) is 24.1. The minimum absolute atomic E-state index is 0.108. The summed E-state index contributed by atoms with van der Waals surface area (Å²) in [6.07, 6.45) is 0. The van der Waals surface area contributed by atoms with Gasteiger partial charge in [0, 0.05) is 8.95 Å². The van der Waals surface area contributed by atoms with Gasteiger partial charge in [0.25, 0.3) is 16.6 Å². The maximum Gasteiger partial charge on any atom is 0.250 e. The van der Waals surface area contributed by atoms with Gasteiger partial charge in [-0.3, -0.25) is 0 Å². The molecular formula is C41H52Br2O2Si2. The largest absolute Gasteiger partial charge is 0.543 e. The summed E-state index contributed by atoms with van der Waals surface area (Å²) in [5.74, 6) is 2.06. The van der Waals surface area contributed by atoms with E-state index in [1.165, 1.54) is 55.6 Å². The fraction of sp³-hybridized carbons (Fsp3) is 0.415. The third-order valence-electron chi connectivity index (χ3n) is 11.2. The topological polar surface area (TPSA) is 18.5 Å². The first-order valence-electron chi connectivity index (χ1n) is 16.7. The SMILES string of the molecule is Cc1cc(C2(c3cc(C)c(O[Si](C)(C)C(C)(C)C)c(C)c3)c3cc(Br)ccc3-c3ccc(Br)cc32)cc(C)c1O[Si](C)(C)C(C)(C)C. The molecule has 1 aliphatic carbocycles. The van der Waals surface area contributed by atoms with Crippen LogP contribution in [0, 0.1) is 27.7 Å². The number of fused-ring (bicyclic) bond motifs is 3. The molecule has 2 nitrogen and oxygen atoms in total. The van der Waals surface area contributed by atoms with Crippen LogP contribution in [0.4, 0.5) is 0 Å². The second kappa shape index (κ2) is 12.0. The second-order valence-corrected chi connectivity index (χ2v) is 28.0. The monoisotopic (exact) mass is 790 g/mol. The molecule has 0 saturated heterocycles. The lowest BCUT2D eigenvalue weighted by atomic mass is 9.66.